The Morgan fingerprint density at radius 3 is 2.22 bits per heavy atom. The van der Waals surface area contributed by atoms with Crippen molar-refractivity contribution in [2.75, 3.05) is 11.1 Å². The molecule has 0 aliphatic carbocycles. The van der Waals surface area contributed by atoms with Gasteiger partial charge in [0, 0.05) is 11.3 Å². The molecule has 0 saturated heterocycles. The number of benzene rings is 2. The Labute approximate surface area is 162 Å². The second kappa shape index (κ2) is 8.60. The van der Waals surface area contributed by atoms with E-state index in [2.05, 4.69) is 15.3 Å². The van der Waals surface area contributed by atoms with Crippen LogP contribution in [-0.2, 0) is 4.79 Å². The predicted octanol–water partition coefficient (Wildman–Crippen LogP) is 4.39. The molecular weight excluding hydrogens is 358 g/mol. The van der Waals surface area contributed by atoms with Gasteiger partial charge in [0.1, 0.15) is 5.03 Å². The van der Waals surface area contributed by atoms with Crippen LogP contribution in [0.3, 0.4) is 0 Å². The maximum absolute atomic E-state index is 12.2. The highest BCUT2D eigenvalue weighted by Gasteiger charge is 2.18. The Kier molecular flexibility index (Phi) is 5.98. The summed E-state index contributed by atoms with van der Waals surface area (Å²) in [6.07, 6.45) is 0. The molecule has 0 aliphatic rings. The number of para-hydroxylation sites is 1. The zero-order valence-electron chi connectivity index (χ0n) is 15.1. The molecule has 0 fully saturated rings. The summed E-state index contributed by atoms with van der Waals surface area (Å²) in [5.74, 6) is 0.431. The van der Waals surface area contributed by atoms with E-state index in [4.69, 9.17) is 0 Å². The molecule has 0 saturated carbocycles. The van der Waals surface area contributed by atoms with Crippen molar-refractivity contribution in [3.63, 3.8) is 0 Å². The summed E-state index contributed by atoms with van der Waals surface area (Å²) >= 11 is 1.24. The third-order valence-electron chi connectivity index (χ3n) is 3.84. The van der Waals surface area contributed by atoms with Crippen LogP contribution in [0.25, 0.3) is 11.4 Å². The minimum Gasteiger partial charge on any atom is -0.325 e. The van der Waals surface area contributed by atoms with Gasteiger partial charge < -0.3 is 5.32 Å². The standard InChI is InChI=1S/C21H19N3O2S/c1-14-19(15(2)25)21(24-20(22-14)16-9-5-3-6-10-16)27-13-18(26)23-17-11-7-4-8-12-17/h3-12H,13H2,1-2H3,(H,23,26). The van der Waals surface area contributed by atoms with Crippen LogP contribution in [-0.4, -0.2) is 27.4 Å². The van der Waals surface area contributed by atoms with Gasteiger partial charge in [-0.25, -0.2) is 9.97 Å². The number of Topliss-reactive ketones (excluding diaryl/α,β-unsaturated/α-hetero) is 1. The Morgan fingerprint density at radius 2 is 1.59 bits per heavy atom. The molecule has 1 N–H and O–H groups in total. The molecule has 1 amide bonds. The number of hydrogen-bond donors (Lipinski definition) is 1. The number of hydrogen-bond acceptors (Lipinski definition) is 5. The normalized spacial score (nSPS) is 10.4. The van der Waals surface area contributed by atoms with E-state index in [-0.39, 0.29) is 17.4 Å². The highest BCUT2D eigenvalue weighted by Crippen LogP contribution is 2.27. The van der Waals surface area contributed by atoms with Crippen molar-refractivity contribution in [1.29, 1.82) is 0 Å². The zero-order chi connectivity index (χ0) is 19.2. The molecule has 0 bridgehead atoms. The van der Waals surface area contributed by atoms with Crippen LogP contribution in [0.1, 0.15) is 23.0 Å². The number of anilines is 1. The average molecular weight is 377 g/mol. The molecule has 27 heavy (non-hydrogen) atoms. The molecule has 6 heteroatoms. The van der Waals surface area contributed by atoms with Crippen molar-refractivity contribution in [3.8, 4) is 11.4 Å². The van der Waals surface area contributed by atoms with Gasteiger partial charge in [0.15, 0.2) is 11.6 Å². The van der Waals surface area contributed by atoms with Crippen molar-refractivity contribution in [3.05, 3.63) is 71.9 Å². The number of aromatic nitrogens is 2. The van der Waals surface area contributed by atoms with Gasteiger partial charge in [0.25, 0.3) is 0 Å². The summed E-state index contributed by atoms with van der Waals surface area (Å²) < 4.78 is 0. The number of ketones is 1. The van der Waals surface area contributed by atoms with Gasteiger partial charge in [-0.15, -0.1) is 0 Å². The molecule has 5 nitrogen and oxygen atoms in total. The highest BCUT2D eigenvalue weighted by atomic mass is 32.2. The fourth-order valence-electron chi connectivity index (χ4n) is 2.63. The Hall–Kier alpha value is -2.99. The van der Waals surface area contributed by atoms with Crippen LogP contribution in [0.4, 0.5) is 5.69 Å². The van der Waals surface area contributed by atoms with Crippen LogP contribution in [0.5, 0.6) is 0 Å². The fourth-order valence-corrected chi connectivity index (χ4v) is 3.55. The van der Waals surface area contributed by atoms with Crippen molar-refractivity contribution in [1.82, 2.24) is 9.97 Å². The molecular formula is C21H19N3O2S. The minimum absolute atomic E-state index is 0.113. The number of carbonyl (C=O) groups excluding carboxylic acids is 2. The molecule has 136 valence electrons. The van der Waals surface area contributed by atoms with Crippen molar-refractivity contribution in [2.45, 2.75) is 18.9 Å². The number of rotatable bonds is 6. The molecule has 3 aromatic rings. The molecule has 0 radical (unpaired) electrons. The number of thioether (sulfide) groups is 1. The van der Waals surface area contributed by atoms with Crippen LogP contribution >= 0.6 is 11.8 Å². The zero-order valence-corrected chi connectivity index (χ0v) is 15.9. The first-order valence-corrected chi connectivity index (χ1v) is 9.46. The van der Waals surface area contributed by atoms with Crippen LogP contribution < -0.4 is 5.32 Å². The van der Waals surface area contributed by atoms with E-state index in [0.717, 1.165) is 11.3 Å². The SMILES string of the molecule is CC(=O)c1c(C)nc(-c2ccccc2)nc1SCC(=O)Nc1ccccc1. The van der Waals surface area contributed by atoms with Gasteiger partial charge in [0.2, 0.25) is 5.91 Å². The second-order valence-electron chi connectivity index (χ2n) is 5.94. The molecule has 2 aromatic carbocycles. The van der Waals surface area contributed by atoms with E-state index in [9.17, 15) is 9.59 Å². The number of carbonyl (C=O) groups is 2. The van der Waals surface area contributed by atoms with Crippen LogP contribution in [0.2, 0.25) is 0 Å². The third-order valence-corrected chi connectivity index (χ3v) is 4.81. The van der Waals surface area contributed by atoms with Gasteiger partial charge in [-0.1, -0.05) is 60.3 Å². The maximum atomic E-state index is 12.2. The summed E-state index contributed by atoms with van der Waals surface area (Å²) in [6.45, 7) is 3.28. The first-order chi connectivity index (χ1) is 13.0. The monoisotopic (exact) mass is 377 g/mol. The molecule has 1 aromatic heterocycles. The molecule has 0 spiro atoms. The largest absolute Gasteiger partial charge is 0.325 e. The predicted molar refractivity (Wildman–Crippen MR) is 108 cm³/mol. The van der Waals surface area contributed by atoms with E-state index in [1.807, 2.05) is 60.7 Å². The lowest BCUT2D eigenvalue weighted by molar-refractivity contribution is -0.113. The second-order valence-corrected chi connectivity index (χ2v) is 6.90. The maximum Gasteiger partial charge on any atom is 0.234 e. The van der Waals surface area contributed by atoms with Gasteiger partial charge in [-0.3, -0.25) is 9.59 Å². The van der Waals surface area contributed by atoms with Crippen molar-refractivity contribution in [2.24, 2.45) is 0 Å². The lowest BCUT2D eigenvalue weighted by Gasteiger charge is -2.11. The molecule has 0 unspecified atom stereocenters. The summed E-state index contributed by atoms with van der Waals surface area (Å²) in [5.41, 5.74) is 2.68. The minimum atomic E-state index is -0.154. The van der Waals surface area contributed by atoms with E-state index in [1.54, 1.807) is 6.92 Å². The number of nitrogens with one attached hydrogen (secondary N) is 1. The first kappa shape index (κ1) is 18.8. The summed E-state index contributed by atoms with van der Waals surface area (Å²) in [5, 5.41) is 3.36. The van der Waals surface area contributed by atoms with Crippen LogP contribution in [0, 0.1) is 6.92 Å². The summed E-state index contributed by atoms with van der Waals surface area (Å²) in [4.78, 5) is 33.4. The Bertz CT molecular complexity index is 960. The fraction of sp³-hybridized carbons (Fsp3) is 0.143. The summed E-state index contributed by atoms with van der Waals surface area (Å²) in [6, 6.07) is 18.8. The van der Waals surface area contributed by atoms with E-state index in [0.29, 0.717) is 22.1 Å². The smallest absolute Gasteiger partial charge is 0.234 e. The molecule has 0 atom stereocenters. The van der Waals surface area contributed by atoms with E-state index in [1.165, 1.54) is 18.7 Å². The Balaban J connectivity index is 1.83. The van der Waals surface area contributed by atoms with Gasteiger partial charge >= 0.3 is 0 Å². The highest BCUT2D eigenvalue weighted by molar-refractivity contribution is 8.00. The Morgan fingerprint density at radius 1 is 0.963 bits per heavy atom. The number of aryl methyl sites for hydroxylation is 1. The lowest BCUT2D eigenvalue weighted by Crippen LogP contribution is -2.15. The van der Waals surface area contributed by atoms with E-state index >= 15 is 0 Å². The molecule has 1 heterocycles. The average Bonchev–Trinajstić information content (AvgIpc) is 2.67. The quantitative estimate of drug-likeness (QED) is 0.392. The first-order valence-electron chi connectivity index (χ1n) is 8.47. The van der Waals surface area contributed by atoms with Gasteiger partial charge in [0.05, 0.1) is 17.0 Å². The third kappa shape index (κ3) is 4.80. The number of nitrogens with zero attached hydrogens (tertiary/aromatic N) is 2. The van der Waals surface area contributed by atoms with Gasteiger partial charge in [-0.05, 0) is 26.0 Å². The topological polar surface area (TPSA) is 72.0 Å². The van der Waals surface area contributed by atoms with E-state index < -0.39 is 0 Å². The van der Waals surface area contributed by atoms with Crippen molar-refractivity contribution < 1.29 is 9.59 Å². The lowest BCUT2D eigenvalue weighted by atomic mass is 10.1. The molecule has 3 rings (SSSR count). The van der Waals surface area contributed by atoms with Gasteiger partial charge in [-0.2, -0.15) is 0 Å². The number of amides is 1. The van der Waals surface area contributed by atoms with Crippen LogP contribution in [0.15, 0.2) is 65.7 Å². The molecule has 0 aliphatic heterocycles. The summed E-state index contributed by atoms with van der Waals surface area (Å²) in [7, 11) is 0. The van der Waals surface area contributed by atoms with Crippen molar-refractivity contribution >= 4 is 29.1 Å².